The van der Waals surface area contributed by atoms with Gasteiger partial charge in [0.2, 0.25) is 0 Å². The average molecular weight is 536 g/mol. The Morgan fingerprint density at radius 3 is 2.42 bits per heavy atom. The summed E-state index contributed by atoms with van der Waals surface area (Å²) in [6.45, 7) is 5.41. The summed E-state index contributed by atoms with van der Waals surface area (Å²) in [5, 5.41) is 11.6. The number of halogens is 2. The summed E-state index contributed by atoms with van der Waals surface area (Å²) in [6, 6.07) is 11.9. The Bertz CT molecular complexity index is 1190. The highest BCUT2D eigenvalue weighted by Crippen LogP contribution is 2.30. The molecule has 0 saturated carbocycles. The van der Waals surface area contributed by atoms with Crippen LogP contribution in [0.1, 0.15) is 26.3 Å². The molecule has 0 aliphatic carbocycles. The number of carbonyl (C=O) groups is 1. The van der Waals surface area contributed by atoms with Crippen molar-refractivity contribution in [2.75, 3.05) is 25.6 Å². The molecule has 0 spiro atoms. The highest BCUT2D eigenvalue weighted by Gasteiger charge is 2.35. The molecule has 192 valence electrons. The predicted molar refractivity (Wildman–Crippen MR) is 134 cm³/mol. The van der Waals surface area contributed by atoms with Crippen LogP contribution in [0, 0.1) is 0 Å². The minimum Gasteiger partial charge on any atom is -0.497 e. The zero-order chi connectivity index (χ0) is 25.9. The molecule has 0 amide bonds. The van der Waals surface area contributed by atoms with Crippen LogP contribution in [0.15, 0.2) is 48.7 Å². The molecule has 0 radical (unpaired) electrons. The molecule has 1 aromatic heterocycles. The monoisotopic (exact) mass is 535 g/mol. The van der Waals surface area contributed by atoms with Gasteiger partial charge in [-0.2, -0.15) is 0 Å². The third-order valence-corrected chi connectivity index (χ3v) is 5.62. The quantitative estimate of drug-likeness (QED) is 0.407. The zero-order valence-electron chi connectivity index (χ0n) is 20.4. The molecule has 4 rings (SSSR count). The van der Waals surface area contributed by atoms with Crippen molar-refractivity contribution in [3.63, 3.8) is 0 Å². The van der Waals surface area contributed by atoms with Crippen LogP contribution in [0.5, 0.6) is 5.75 Å². The Kier molecular flexibility index (Phi) is 8.01. The molecule has 10 nitrogen and oxygen atoms in total. The molecular formula is C24H27Cl2N5O5. The lowest BCUT2D eigenvalue weighted by molar-refractivity contribution is -0.284. The van der Waals surface area contributed by atoms with E-state index in [2.05, 4.69) is 10.3 Å². The number of benzene rings is 2. The lowest BCUT2D eigenvalue weighted by Gasteiger charge is -2.38. The van der Waals surface area contributed by atoms with Crippen molar-refractivity contribution in [1.29, 1.82) is 0 Å². The molecule has 0 N–H and O–H groups in total. The summed E-state index contributed by atoms with van der Waals surface area (Å²) in [7, 11) is 1.60. The Labute approximate surface area is 219 Å². The van der Waals surface area contributed by atoms with E-state index in [1.165, 1.54) is 14.8 Å². The molecular weight excluding hydrogens is 509 g/mol. The average Bonchev–Trinajstić information content (AvgIpc) is 3.28. The van der Waals surface area contributed by atoms with Gasteiger partial charge in [0, 0.05) is 11.4 Å². The first-order chi connectivity index (χ1) is 17.1. The van der Waals surface area contributed by atoms with Gasteiger partial charge in [-0.15, -0.1) is 10.2 Å². The predicted octanol–water partition coefficient (Wildman–Crippen LogP) is 4.44. The summed E-state index contributed by atoms with van der Waals surface area (Å²) < 4.78 is 12.4. The van der Waals surface area contributed by atoms with Gasteiger partial charge in [0.25, 0.3) is 0 Å². The number of hydrogen-bond acceptors (Lipinski definition) is 9. The van der Waals surface area contributed by atoms with Crippen molar-refractivity contribution in [3.05, 3.63) is 64.4 Å². The lowest BCUT2D eigenvalue weighted by atomic mass is 10.1. The fourth-order valence-electron chi connectivity index (χ4n) is 3.56. The van der Waals surface area contributed by atoms with E-state index in [1.807, 2.05) is 45.0 Å². The van der Waals surface area contributed by atoms with Crippen molar-refractivity contribution in [2.24, 2.45) is 0 Å². The van der Waals surface area contributed by atoms with Gasteiger partial charge in [-0.05, 0) is 56.7 Å². The molecule has 1 saturated heterocycles. The molecule has 2 heterocycles. The molecule has 3 aromatic rings. The van der Waals surface area contributed by atoms with Crippen molar-refractivity contribution in [3.8, 4) is 11.4 Å². The number of nitrogens with zero attached hydrogens (tertiary/aromatic N) is 5. The largest absolute Gasteiger partial charge is 0.497 e. The summed E-state index contributed by atoms with van der Waals surface area (Å²) in [5.41, 5.74) is 1.48. The van der Waals surface area contributed by atoms with Crippen molar-refractivity contribution < 1.29 is 23.9 Å². The van der Waals surface area contributed by atoms with E-state index in [0.717, 1.165) is 11.3 Å². The van der Waals surface area contributed by atoms with Crippen LogP contribution in [0.3, 0.4) is 0 Å². The number of hydrogen-bond donors (Lipinski definition) is 0. The van der Waals surface area contributed by atoms with Crippen LogP contribution in [0.2, 0.25) is 10.2 Å². The van der Waals surface area contributed by atoms with E-state index in [1.54, 1.807) is 31.5 Å². The second-order valence-electron chi connectivity index (χ2n) is 9.03. The smallest absolute Gasteiger partial charge is 0.326 e. The maximum atomic E-state index is 13.1. The van der Waals surface area contributed by atoms with Crippen LogP contribution in [0.25, 0.3) is 5.69 Å². The Morgan fingerprint density at radius 1 is 1.08 bits per heavy atom. The summed E-state index contributed by atoms with van der Waals surface area (Å²) in [6.07, 6.45) is 1.92. The molecule has 1 aliphatic rings. The highest BCUT2D eigenvalue weighted by atomic mass is 35.5. The Hall–Kier alpha value is -2.89. The van der Waals surface area contributed by atoms with Gasteiger partial charge in [-0.1, -0.05) is 40.5 Å². The third kappa shape index (κ3) is 6.45. The molecule has 36 heavy (non-hydrogen) atoms. The number of esters is 1. The first-order valence-corrected chi connectivity index (χ1v) is 11.9. The minimum absolute atomic E-state index is 0.0162. The maximum absolute atomic E-state index is 13.1. The van der Waals surface area contributed by atoms with Crippen LogP contribution in [-0.2, 0) is 25.6 Å². The lowest BCUT2D eigenvalue weighted by Crippen LogP contribution is -2.52. The minimum atomic E-state index is -0.743. The van der Waals surface area contributed by atoms with E-state index in [9.17, 15) is 4.79 Å². The van der Waals surface area contributed by atoms with Gasteiger partial charge in [0.1, 0.15) is 17.4 Å². The van der Waals surface area contributed by atoms with Gasteiger partial charge in [-0.3, -0.25) is 14.5 Å². The van der Waals surface area contributed by atoms with Crippen LogP contribution in [-0.4, -0.2) is 58.2 Å². The number of carbonyl (C=O) groups excluding carboxylic acids is 1. The van der Waals surface area contributed by atoms with Crippen LogP contribution in [0.4, 0.5) is 5.69 Å². The van der Waals surface area contributed by atoms with Crippen molar-refractivity contribution in [2.45, 2.75) is 38.8 Å². The van der Waals surface area contributed by atoms with E-state index < -0.39 is 17.6 Å². The fraction of sp³-hybridized carbons (Fsp3) is 0.375. The van der Waals surface area contributed by atoms with E-state index in [0.29, 0.717) is 22.8 Å². The highest BCUT2D eigenvalue weighted by molar-refractivity contribution is 6.31. The SMILES string of the molecule is COc1ccc(CC(C(=O)OC(C)(C)C)N2CON(c3cc(Cl)ccc3-n3cc(Cl)nn3)CO2)cc1. The van der Waals surface area contributed by atoms with Gasteiger partial charge >= 0.3 is 5.97 Å². The second-order valence-corrected chi connectivity index (χ2v) is 9.86. The van der Waals surface area contributed by atoms with E-state index in [-0.39, 0.29) is 18.6 Å². The Morgan fingerprint density at radius 2 is 1.83 bits per heavy atom. The Balaban J connectivity index is 1.53. The number of anilines is 1. The van der Waals surface area contributed by atoms with Gasteiger partial charge < -0.3 is 9.47 Å². The summed E-state index contributed by atoms with van der Waals surface area (Å²) in [5.74, 6) is 0.308. The van der Waals surface area contributed by atoms with E-state index in [4.69, 9.17) is 42.4 Å². The van der Waals surface area contributed by atoms with Crippen molar-refractivity contribution >= 4 is 34.9 Å². The number of methoxy groups -OCH3 is 1. The molecule has 1 fully saturated rings. The second kappa shape index (κ2) is 11.0. The fourth-order valence-corrected chi connectivity index (χ4v) is 3.85. The zero-order valence-corrected chi connectivity index (χ0v) is 21.9. The maximum Gasteiger partial charge on any atom is 0.326 e. The topological polar surface area (TPSA) is 91.2 Å². The van der Waals surface area contributed by atoms with Gasteiger partial charge in [0.05, 0.1) is 24.7 Å². The first-order valence-electron chi connectivity index (χ1n) is 11.2. The molecule has 12 heteroatoms. The molecule has 1 aliphatic heterocycles. The standard InChI is InChI=1S/C24H27Cl2N5O5/c1-24(2,3)36-23(32)21(11-16-5-8-18(33-4)9-6-16)31-15-34-30(14-35-31)20-12-17(25)7-10-19(20)29-13-22(26)27-28-29/h5-10,12-13,21H,11,14-15H2,1-4H3. The number of hydroxylamine groups is 3. The number of ether oxygens (including phenoxy) is 2. The summed E-state index contributed by atoms with van der Waals surface area (Å²) in [4.78, 5) is 25.1. The molecule has 2 aromatic carbocycles. The van der Waals surface area contributed by atoms with Gasteiger partial charge in [0.15, 0.2) is 18.6 Å². The normalized spacial score (nSPS) is 15.6. The molecule has 0 bridgehead atoms. The number of aromatic nitrogens is 3. The van der Waals surface area contributed by atoms with Crippen LogP contribution < -0.4 is 9.80 Å². The first kappa shape index (κ1) is 26.2. The van der Waals surface area contributed by atoms with Crippen molar-refractivity contribution in [1.82, 2.24) is 20.1 Å². The molecule has 1 atom stereocenters. The molecule has 1 unspecified atom stereocenters. The number of rotatable bonds is 7. The van der Waals surface area contributed by atoms with E-state index >= 15 is 0 Å². The summed E-state index contributed by atoms with van der Waals surface area (Å²) >= 11 is 12.2. The third-order valence-electron chi connectivity index (χ3n) is 5.21. The van der Waals surface area contributed by atoms with Gasteiger partial charge in [-0.25, -0.2) is 9.75 Å². The van der Waals surface area contributed by atoms with Crippen LogP contribution >= 0.6 is 23.2 Å².